The van der Waals surface area contributed by atoms with Crippen molar-refractivity contribution in [3.05, 3.63) is 0 Å². The fraction of sp³-hybridized carbons (Fsp3) is 0.900. The first kappa shape index (κ1) is 9.90. The van der Waals surface area contributed by atoms with E-state index >= 15 is 0 Å². The molecule has 0 aromatic carbocycles. The third kappa shape index (κ3) is 1.32. The van der Waals surface area contributed by atoms with Crippen molar-refractivity contribution in [2.45, 2.75) is 37.9 Å². The van der Waals surface area contributed by atoms with Crippen molar-refractivity contribution < 1.29 is 13.9 Å². The second kappa shape index (κ2) is 3.50. The van der Waals surface area contributed by atoms with Gasteiger partial charge in [0.1, 0.15) is 11.7 Å². The van der Waals surface area contributed by atoms with Crippen LogP contribution in [-0.2, 0) is 9.53 Å². The molecular formula is C10H16FNO2. The molecule has 0 unspecified atom stereocenters. The molecule has 2 heterocycles. The molecule has 2 atom stereocenters. The van der Waals surface area contributed by atoms with Crippen LogP contribution in [0.15, 0.2) is 0 Å². The van der Waals surface area contributed by atoms with Crippen molar-refractivity contribution in [2.24, 2.45) is 0 Å². The molecule has 0 aliphatic carbocycles. The normalized spacial score (nSPS) is 37.1. The summed E-state index contributed by atoms with van der Waals surface area (Å²) in [5, 5.41) is 0. The van der Waals surface area contributed by atoms with Gasteiger partial charge in [-0.1, -0.05) is 0 Å². The summed E-state index contributed by atoms with van der Waals surface area (Å²) in [5.74, 6) is -0.224. The third-order valence-electron chi connectivity index (χ3n) is 3.26. The second-order valence-corrected chi connectivity index (χ2v) is 4.10. The van der Waals surface area contributed by atoms with Gasteiger partial charge >= 0.3 is 5.97 Å². The van der Waals surface area contributed by atoms with E-state index in [0.29, 0.717) is 19.6 Å². The van der Waals surface area contributed by atoms with Crippen LogP contribution in [0.2, 0.25) is 0 Å². The highest BCUT2D eigenvalue weighted by molar-refractivity contribution is 5.82. The van der Waals surface area contributed by atoms with Gasteiger partial charge in [-0.05, 0) is 26.3 Å². The van der Waals surface area contributed by atoms with Gasteiger partial charge in [0.25, 0.3) is 0 Å². The van der Waals surface area contributed by atoms with Crippen LogP contribution in [0.4, 0.5) is 4.39 Å². The predicted octanol–water partition coefficient (Wildman–Crippen LogP) is 1.13. The number of hydrogen-bond donors (Lipinski definition) is 0. The number of nitrogens with zero attached hydrogens (tertiary/aromatic N) is 1. The van der Waals surface area contributed by atoms with Crippen LogP contribution >= 0.6 is 0 Å². The Bertz CT molecular complexity index is 246. The average molecular weight is 201 g/mol. The monoisotopic (exact) mass is 201 g/mol. The third-order valence-corrected chi connectivity index (χ3v) is 3.26. The van der Waals surface area contributed by atoms with Gasteiger partial charge in [0.15, 0.2) is 0 Å². The summed E-state index contributed by atoms with van der Waals surface area (Å²) in [7, 11) is 0. The van der Waals surface area contributed by atoms with Gasteiger partial charge in [-0.2, -0.15) is 0 Å². The fourth-order valence-corrected chi connectivity index (χ4v) is 2.68. The van der Waals surface area contributed by atoms with E-state index in [1.807, 2.05) is 4.90 Å². The Morgan fingerprint density at radius 1 is 1.71 bits per heavy atom. The lowest BCUT2D eigenvalue weighted by Gasteiger charge is -2.28. The van der Waals surface area contributed by atoms with Gasteiger partial charge < -0.3 is 4.74 Å². The number of carbonyl (C=O) groups is 1. The maximum atomic E-state index is 13.2. The lowest BCUT2D eigenvalue weighted by atomic mass is 9.94. The minimum atomic E-state index is -0.861. The summed E-state index contributed by atoms with van der Waals surface area (Å²) < 4.78 is 18.3. The standard InChI is InChI=1S/C10H16FNO2/c1-2-14-9(13)10-4-3-5-12(10)7-8(11)6-10/h8H,2-7H2,1H3/t8-,10+/m1/s1. The maximum absolute atomic E-state index is 13.2. The highest BCUT2D eigenvalue weighted by Crippen LogP contribution is 2.40. The summed E-state index contributed by atoms with van der Waals surface area (Å²) in [6.07, 6.45) is 1.20. The summed E-state index contributed by atoms with van der Waals surface area (Å²) in [6.45, 7) is 3.40. The minimum Gasteiger partial charge on any atom is -0.465 e. The molecule has 0 bridgehead atoms. The van der Waals surface area contributed by atoms with Crippen LogP contribution in [0.5, 0.6) is 0 Å². The Kier molecular flexibility index (Phi) is 2.47. The van der Waals surface area contributed by atoms with Crippen LogP contribution in [0.3, 0.4) is 0 Å². The number of fused-ring (bicyclic) bond motifs is 1. The quantitative estimate of drug-likeness (QED) is 0.627. The van der Waals surface area contributed by atoms with Crippen LogP contribution in [-0.4, -0.2) is 42.3 Å². The molecule has 0 aromatic rings. The fourth-order valence-electron chi connectivity index (χ4n) is 2.68. The molecular weight excluding hydrogens is 185 g/mol. The van der Waals surface area contributed by atoms with E-state index in [-0.39, 0.29) is 5.97 Å². The maximum Gasteiger partial charge on any atom is 0.326 e. The lowest BCUT2D eigenvalue weighted by molar-refractivity contribution is -0.154. The molecule has 3 nitrogen and oxygen atoms in total. The molecule has 4 heteroatoms. The molecule has 2 saturated heterocycles. The topological polar surface area (TPSA) is 29.5 Å². The molecule has 0 radical (unpaired) electrons. The zero-order valence-corrected chi connectivity index (χ0v) is 8.46. The number of halogens is 1. The highest BCUT2D eigenvalue weighted by Gasteiger charge is 2.54. The summed E-state index contributed by atoms with van der Waals surface area (Å²) in [5.41, 5.74) is -0.616. The Hall–Kier alpha value is -0.640. The van der Waals surface area contributed by atoms with E-state index in [0.717, 1.165) is 19.4 Å². The van der Waals surface area contributed by atoms with Gasteiger partial charge in [-0.25, -0.2) is 4.39 Å². The first-order valence-corrected chi connectivity index (χ1v) is 5.25. The number of esters is 1. The van der Waals surface area contributed by atoms with Gasteiger partial charge in [0, 0.05) is 13.0 Å². The zero-order chi connectivity index (χ0) is 10.2. The smallest absolute Gasteiger partial charge is 0.326 e. The van der Waals surface area contributed by atoms with Gasteiger partial charge in [-0.3, -0.25) is 9.69 Å². The summed E-state index contributed by atoms with van der Waals surface area (Å²) in [6, 6.07) is 0. The molecule has 0 N–H and O–H groups in total. The van der Waals surface area contributed by atoms with E-state index < -0.39 is 11.7 Å². The molecule has 2 aliphatic rings. The van der Waals surface area contributed by atoms with Crippen molar-refractivity contribution in [3.63, 3.8) is 0 Å². The van der Waals surface area contributed by atoms with Crippen LogP contribution in [0.25, 0.3) is 0 Å². The molecule has 80 valence electrons. The largest absolute Gasteiger partial charge is 0.465 e. The van der Waals surface area contributed by atoms with Crippen LogP contribution in [0.1, 0.15) is 26.2 Å². The van der Waals surface area contributed by atoms with Crippen molar-refractivity contribution in [1.82, 2.24) is 4.90 Å². The lowest BCUT2D eigenvalue weighted by Crippen LogP contribution is -2.46. The number of alkyl halides is 1. The summed E-state index contributed by atoms with van der Waals surface area (Å²) in [4.78, 5) is 13.7. The molecule has 2 rings (SSSR count). The molecule has 2 fully saturated rings. The molecule has 0 aromatic heterocycles. The molecule has 0 spiro atoms. The van der Waals surface area contributed by atoms with E-state index in [1.54, 1.807) is 6.92 Å². The number of rotatable bonds is 2. The number of ether oxygens (including phenoxy) is 1. The van der Waals surface area contributed by atoms with E-state index in [4.69, 9.17) is 4.74 Å². The van der Waals surface area contributed by atoms with Gasteiger partial charge in [0.05, 0.1) is 6.61 Å². The van der Waals surface area contributed by atoms with Crippen LogP contribution < -0.4 is 0 Å². The van der Waals surface area contributed by atoms with Crippen molar-refractivity contribution >= 4 is 5.97 Å². The minimum absolute atomic E-state index is 0.224. The van der Waals surface area contributed by atoms with E-state index in [1.165, 1.54) is 0 Å². The van der Waals surface area contributed by atoms with Crippen molar-refractivity contribution in [2.75, 3.05) is 19.7 Å². The Balaban J connectivity index is 2.15. The second-order valence-electron chi connectivity index (χ2n) is 4.10. The average Bonchev–Trinajstić information content (AvgIpc) is 2.61. The SMILES string of the molecule is CCOC(=O)[C@@]12CCCN1C[C@H](F)C2. The summed E-state index contributed by atoms with van der Waals surface area (Å²) >= 11 is 0. The Morgan fingerprint density at radius 2 is 2.50 bits per heavy atom. The molecule has 2 aliphatic heterocycles. The Morgan fingerprint density at radius 3 is 3.21 bits per heavy atom. The molecule has 0 saturated carbocycles. The first-order valence-electron chi connectivity index (χ1n) is 5.25. The van der Waals surface area contributed by atoms with E-state index in [2.05, 4.69) is 0 Å². The Labute approximate surface area is 83.2 Å². The van der Waals surface area contributed by atoms with Gasteiger partial charge in [-0.15, -0.1) is 0 Å². The zero-order valence-electron chi connectivity index (χ0n) is 8.46. The first-order chi connectivity index (χ1) is 6.69. The molecule has 0 amide bonds. The van der Waals surface area contributed by atoms with Crippen molar-refractivity contribution in [3.8, 4) is 0 Å². The number of carbonyl (C=O) groups excluding carboxylic acids is 1. The van der Waals surface area contributed by atoms with Crippen LogP contribution in [0, 0.1) is 0 Å². The highest BCUT2D eigenvalue weighted by atomic mass is 19.1. The van der Waals surface area contributed by atoms with E-state index in [9.17, 15) is 9.18 Å². The predicted molar refractivity (Wildman–Crippen MR) is 49.7 cm³/mol. The number of hydrogen-bond acceptors (Lipinski definition) is 3. The van der Waals surface area contributed by atoms with Gasteiger partial charge in [0.2, 0.25) is 0 Å². The van der Waals surface area contributed by atoms with Crippen molar-refractivity contribution in [1.29, 1.82) is 0 Å². The molecule has 14 heavy (non-hydrogen) atoms.